The van der Waals surface area contributed by atoms with Crippen LogP contribution in [-0.2, 0) is 4.74 Å². The Morgan fingerprint density at radius 3 is 2.51 bits per heavy atom. The molecular weight excluding hydrogens is 518 g/mol. The van der Waals surface area contributed by atoms with Crippen LogP contribution in [-0.4, -0.2) is 63.5 Å². The van der Waals surface area contributed by atoms with Gasteiger partial charge >= 0.3 is 0 Å². The number of imidazole rings is 1. The number of nitriles is 3. The number of fused-ring (bicyclic) bond motifs is 1. The molecule has 3 N–H and O–H groups in total. The SMILES string of the molecule is N#CCC1(NC2CCN(c3cc(C#N)cc(Nc4nc(NC5CC5)c5ncc(C#N)n5n4)c3Cl)CC2)COC1. The molecule has 0 unspecified atom stereocenters. The van der Waals surface area contributed by atoms with Crippen molar-refractivity contribution in [2.45, 2.75) is 49.7 Å². The number of ether oxygens (including phenoxy) is 1. The van der Waals surface area contributed by atoms with Crippen molar-refractivity contribution in [1.82, 2.24) is 24.9 Å². The molecule has 1 aliphatic carbocycles. The van der Waals surface area contributed by atoms with Gasteiger partial charge in [0.2, 0.25) is 5.95 Å². The molecule has 13 heteroatoms. The van der Waals surface area contributed by atoms with Crippen molar-refractivity contribution < 1.29 is 4.74 Å². The maximum absolute atomic E-state index is 9.75. The summed E-state index contributed by atoms with van der Waals surface area (Å²) in [7, 11) is 0. The zero-order valence-corrected chi connectivity index (χ0v) is 21.9. The molecule has 6 rings (SSSR count). The van der Waals surface area contributed by atoms with Crippen LogP contribution < -0.4 is 20.9 Å². The molecule has 198 valence electrons. The number of nitrogens with zero attached hydrogens (tertiary/aromatic N) is 8. The molecule has 4 heterocycles. The van der Waals surface area contributed by atoms with Gasteiger partial charge in [0.1, 0.15) is 6.07 Å². The van der Waals surface area contributed by atoms with Crippen LogP contribution in [0.5, 0.6) is 0 Å². The fourth-order valence-corrected chi connectivity index (χ4v) is 5.35. The minimum Gasteiger partial charge on any atom is -0.377 e. The second-order valence-electron chi connectivity index (χ2n) is 10.3. The molecule has 2 aromatic heterocycles. The normalized spacial score (nSPS) is 18.6. The van der Waals surface area contributed by atoms with E-state index in [2.05, 4.69) is 54.1 Å². The van der Waals surface area contributed by atoms with Crippen LogP contribution in [0.3, 0.4) is 0 Å². The maximum atomic E-state index is 9.75. The number of rotatable bonds is 8. The number of benzene rings is 1. The third-order valence-corrected chi connectivity index (χ3v) is 7.74. The number of aromatic nitrogens is 4. The fourth-order valence-electron chi connectivity index (χ4n) is 5.08. The predicted molar refractivity (Wildman–Crippen MR) is 144 cm³/mol. The second kappa shape index (κ2) is 10.2. The second-order valence-corrected chi connectivity index (χ2v) is 10.7. The Morgan fingerprint density at radius 1 is 1.08 bits per heavy atom. The van der Waals surface area contributed by atoms with Crippen LogP contribution in [0, 0.1) is 34.0 Å². The molecule has 0 amide bonds. The quantitative estimate of drug-likeness (QED) is 0.382. The van der Waals surface area contributed by atoms with Gasteiger partial charge in [-0.2, -0.15) is 25.3 Å². The average molecular weight is 544 g/mol. The summed E-state index contributed by atoms with van der Waals surface area (Å²) < 4.78 is 6.82. The van der Waals surface area contributed by atoms with Gasteiger partial charge in [0.25, 0.3) is 0 Å². The Morgan fingerprint density at radius 2 is 1.87 bits per heavy atom. The molecule has 0 spiro atoms. The summed E-state index contributed by atoms with van der Waals surface area (Å²) in [5, 5.41) is 43.6. The van der Waals surface area contributed by atoms with Gasteiger partial charge in [-0.1, -0.05) is 11.6 Å². The first-order chi connectivity index (χ1) is 19.0. The van der Waals surface area contributed by atoms with E-state index in [0.29, 0.717) is 53.4 Å². The fraction of sp³-hybridized carbons (Fsp3) is 0.462. The number of hydrogen-bond acceptors (Lipinski definition) is 11. The molecule has 0 radical (unpaired) electrons. The van der Waals surface area contributed by atoms with Crippen molar-refractivity contribution in [1.29, 1.82) is 15.8 Å². The zero-order valence-electron chi connectivity index (χ0n) is 21.1. The molecule has 0 bridgehead atoms. The summed E-state index contributed by atoms with van der Waals surface area (Å²) in [5.74, 6) is 0.765. The topological polar surface area (TPSA) is 163 Å². The van der Waals surface area contributed by atoms with E-state index in [0.717, 1.165) is 44.5 Å². The molecule has 2 saturated heterocycles. The van der Waals surface area contributed by atoms with Gasteiger partial charge in [-0.25, -0.2) is 4.98 Å². The van der Waals surface area contributed by atoms with E-state index < -0.39 is 0 Å². The van der Waals surface area contributed by atoms with Gasteiger partial charge < -0.3 is 25.6 Å². The molecule has 2 aliphatic heterocycles. The number of halogens is 1. The van der Waals surface area contributed by atoms with Gasteiger partial charge in [-0.15, -0.1) is 5.10 Å². The Balaban J connectivity index is 1.24. The largest absolute Gasteiger partial charge is 0.377 e. The molecule has 1 saturated carbocycles. The molecular formula is C26H26ClN11O. The standard InChI is InChI=1S/C26H26ClN11O/c27-22-20(33-25-34-23(32-17-1-2-17)24-31-13-19(12-30)38(24)36-25)9-16(11-29)10-21(22)37-7-3-18(4-8-37)35-26(5-6-28)14-39-15-26/h9-10,13,17-18,35H,1-5,7-8,14-15H2,(H2,32,33,34,36). The van der Waals surface area contributed by atoms with Gasteiger partial charge in [0, 0.05) is 25.2 Å². The summed E-state index contributed by atoms with van der Waals surface area (Å²) in [6.07, 6.45) is 5.73. The smallest absolute Gasteiger partial charge is 0.247 e. The van der Waals surface area contributed by atoms with Gasteiger partial charge in [0.15, 0.2) is 17.2 Å². The van der Waals surface area contributed by atoms with Crippen molar-refractivity contribution in [3.8, 4) is 18.2 Å². The highest BCUT2D eigenvalue weighted by atomic mass is 35.5. The monoisotopic (exact) mass is 543 g/mol. The van der Waals surface area contributed by atoms with Crippen LogP contribution in [0.1, 0.15) is 43.4 Å². The van der Waals surface area contributed by atoms with Crippen LogP contribution in [0.15, 0.2) is 18.3 Å². The highest BCUT2D eigenvalue weighted by molar-refractivity contribution is 6.36. The Bertz CT molecular complexity index is 1530. The van der Waals surface area contributed by atoms with Crippen LogP contribution >= 0.6 is 11.6 Å². The third kappa shape index (κ3) is 5.00. The summed E-state index contributed by atoms with van der Waals surface area (Å²) in [6.45, 7) is 2.61. The molecule has 12 nitrogen and oxygen atoms in total. The molecule has 1 aromatic carbocycles. The Kier molecular flexibility index (Phi) is 6.58. The van der Waals surface area contributed by atoms with E-state index in [1.807, 2.05) is 0 Å². The van der Waals surface area contributed by atoms with Crippen molar-refractivity contribution in [2.75, 3.05) is 41.8 Å². The highest BCUT2D eigenvalue weighted by Crippen LogP contribution is 2.37. The minimum atomic E-state index is -0.244. The van der Waals surface area contributed by atoms with E-state index in [1.54, 1.807) is 12.1 Å². The molecule has 0 atom stereocenters. The van der Waals surface area contributed by atoms with Crippen molar-refractivity contribution in [3.63, 3.8) is 0 Å². The van der Waals surface area contributed by atoms with Gasteiger partial charge in [0.05, 0.1) is 65.5 Å². The summed E-state index contributed by atoms with van der Waals surface area (Å²) >= 11 is 6.90. The van der Waals surface area contributed by atoms with Crippen LogP contribution in [0.4, 0.5) is 23.1 Å². The first-order valence-electron chi connectivity index (χ1n) is 12.9. The lowest BCUT2D eigenvalue weighted by molar-refractivity contribution is -0.0780. The predicted octanol–water partition coefficient (Wildman–Crippen LogP) is 3.08. The number of piperidine rings is 1. The van der Waals surface area contributed by atoms with E-state index in [-0.39, 0.29) is 23.2 Å². The van der Waals surface area contributed by atoms with Crippen LogP contribution in [0.2, 0.25) is 5.02 Å². The molecule has 3 aliphatic rings. The lowest BCUT2D eigenvalue weighted by Gasteiger charge is -2.45. The van der Waals surface area contributed by atoms with E-state index in [4.69, 9.17) is 16.3 Å². The van der Waals surface area contributed by atoms with E-state index in [1.165, 1.54) is 10.7 Å². The summed E-state index contributed by atoms with van der Waals surface area (Å²) in [6, 6.07) is 10.7. The van der Waals surface area contributed by atoms with Gasteiger partial charge in [-0.05, 0) is 37.8 Å². The molecule has 3 fully saturated rings. The van der Waals surface area contributed by atoms with E-state index in [9.17, 15) is 15.8 Å². The van der Waals surface area contributed by atoms with Crippen molar-refractivity contribution in [3.05, 3.63) is 34.6 Å². The number of hydrogen-bond donors (Lipinski definition) is 3. The van der Waals surface area contributed by atoms with Crippen molar-refractivity contribution >= 4 is 40.4 Å². The zero-order chi connectivity index (χ0) is 27.0. The first-order valence-corrected chi connectivity index (χ1v) is 13.3. The Hall–Kier alpha value is -4.15. The van der Waals surface area contributed by atoms with E-state index >= 15 is 0 Å². The minimum absolute atomic E-state index is 0.233. The number of nitrogens with one attached hydrogen (secondary N) is 3. The highest BCUT2D eigenvalue weighted by Gasteiger charge is 2.40. The maximum Gasteiger partial charge on any atom is 0.247 e. The summed E-state index contributed by atoms with van der Waals surface area (Å²) in [5.41, 5.74) is 2.23. The van der Waals surface area contributed by atoms with Crippen molar-refractivity contribution in [2.24, 2.45) is 0 Å². The lowest BCUT2D eigenvalue weighted by Crippen LogP contribution is -2.64. The Labute approximate surface area is 230 Å². The average Bonchev–Trinajstić information content (AvgIpc) is 3.65. The lowest BCUT2D eigenvalue weighted by atomic mass is 9.90. The third-order valence-electron chi connectivity index (χ3n) is 7.34. The summed E-state index contributed by atoms with van der Waals surface area (Å²) in [4.78, 5) is 11.1. The molecule has 3 aromatic rings. The van der Waals surface area contributed by atoms with Crippen LogP contribution in [0.25, 0.3) is 5.65 Å². The molecule has 39 heavy (non-hydrogen) atoms. The number of anilines is 4. The van der Waals surface area contributed by atoms with Gasteiger partial charge in [-0.3, -0.25) is 0 Å². The first kappa shape index (κ1) is 25.1.